The number of esters is 1. The maximum atomic E-state index is 11.5. The van der Waals surface area contributed by atoms with Crippen LogP contribution in [0.2, 0.25) is 0 Å². The summed E-state index contributed by atoms with van der Waals surface area (Å²) in [5.41, 5.74) is 3.04. The fourth-order valence-corrected chi connectivity index (χ4v) is 2.05. The fraction of sp³-hybridized carbons (Fsp3) is 0.214. The van der Waals surface area contributed by atoms with E-state index in [9.17, 15) is 4.79 Å². The van der Waals surface area contributed by atoms with Gasteiger partial charge in [-0.1, -0.05) is 46.9 Å². The molecule has 0 saturated heterocycles. The lowest BCUT2D eigenvalue weighted by Crippen LogP contribution is -2.15. The third kappa shape index (κ3) is 3.92. The topological polar surface area (TPSA) is 42.1 Å². The van der Waals surface area contributed by atoms with Gasteiger partial charge in [0, 0.05) is 23.2 Å². The molecule has 0 radical (unpaired) electrons. The Bertz CT molecular complexity index is 656. The second-order valence-electron chi connectivity index (χ2n) is 4.30. The third-order valence-electron chi connectivity index (χ3n) is 2.71. The molecule has 0 aliphatic carbocycles. The molecular formula is C14H12Cl3NO2. The zero-order valence-electron chi connectivity index (χ0n) is 10.6. The summed E-state index contributed by atoms with van der Waals surface area (Å²) >= 11 is 16.5. The number of alkyl halides is 3. The molecule has 106 valence electrons. The van der Waals surface area contributed by atoms with Crippen molar-refractivity contribution in [2.75, 3.05) is 6.61 Å². The van der Waals surface area contributed by atoms with E-state index in [4.69, 9.17) is 39.5 Å². The van der Waals surface area contributed by atoms with Crippen molar-refractivity contribution < 1.29 is 9.53 Å². The van der Waals surface area contributed by atoms with Gasteiger partial charge in [0.05, 0.1) is 0 Å². The van der Waals surface area contributed by atoms with Crippen molar-refractivity contribution in [3.63, 3.8) is 0 Å². The van der Waals surface area contributed by atoms with Crippen LogP contribution in [0.1, 0.15) is 11.1 Å². The zero-order chi connectivity index (χ0) is 14.8. The molecule has 1 heterocycles. The first-order chi connectivity index (χ1) is 9.37. The first kappa shape index (κ1) is 15.2. The first-order valence-corrected chi connectivity index (χ1v) is 6.98. The number of ether oxygens (including phenoxy) is 1. The molecular weight excluding hydrogens is 321 g/mol. The van der Waals surface area contributed by atoms with E-state index < -0.39 is 9.76 Å². The first-order valence-electron chi connectivity index (χ1n) is 5.85. The average Bonchev–Trinajstić information content (AvgIpc) is 2.76. The maximum absolute atomic E-state index is 11.5. The van der Waals surface area contributed by atoms with Crippen LogP contribution in [-0.2, 0) is 9.53 Å². The van der Waals surface area contributed by atoms with Gasteiger partial charge in [-0.15, -0.1) is 0 Å². The Labute approximate surface area is 131 Å². The smallest absolute Gasteiger partial charge is 0.330 e. The number of hydrogen-bond donors (Lipinski definition) is 1. The van der Waals surface area contributed by atoms with Gasteiger partial charge in [0.25, 0.3) is 0 Å². The lowest BCUT2D eigenvalue weighted by molar-refractivity contribution is -0.137. The monoisotopic (exact) mass is 331 g/mol. The van der Waals surface area contributed by atoms with Crippen LogP contribution in [0.25, 0.3) is 17.0 Å². The van der Waals surface area contributed by atoms with E-state index in [1.807, 2.05) is 31.3 Å². The molecule has 2 rings (SSSR count). The summed E-state index contributed by atoms with van der Waals surface area (Å²) in [6.07, 6.45) is 4.92. The van der Waals surface area contributed by atoms with Crippen molar-refractivity contribution in [3.8, 4) is 0 Å². The van der Waals surface area contributed by atoms with E-state index in [1.54, 1.807) is 6.08 Å². The minimum Gasteiger partial charge on any atom is -0.458 e. The Hall–Kier alpha value is -1.16. The molecule has 0 aliphatic heterocycles. The van der Waals surface area contributed by atoms with E-state index in [0.717, 1.165) is 22.0 Å². The van der Waals surface area contributed by atoms with Crippen molar-refractivity contribution in [1.82, 2.24) is 4.98 Å². The van der Waals surface area contributed by atoms with E-state index in [-0.39, 0.29) is 6.61 Å². The van der Waals surface area contributed by atoms with Crippen LogP contribution in [0.4, 0.5) is 0 Å². The van der Waals surface area contributed by atoms with Crippen LogP contribution in [0.3, 0.4) is 0 Å². The summed E-state index contributed by atoms with van der Waals surface area (Å²) in [5.74, 6) is -0.554. The van der Waals surface area contributed by atoms with Gasteiger partial charge in [-0.25, -0.2) is 4.79 Å². The van der Waals surface area contributed by atoms with Crippen molar-refractivity contribution in [3.05, 3.63) is 41.6 Å². The van der Waals surface area contributed by atoms with E-state index in [0.29, 0.717) is 0 Å². The predicted molar refractivity (Wildman–Crippen MR) is 83.3 cm³/mol. The minimum atomic E-state index is -1.60. The Morgan fingerprint density at radius 3 is 2.85 bits per heavy atom. The largest absolute Gasteiger partial charge is 0.458 e. The van der Waals surface area contributed by atoms with Crippen molar-refractivity contribution >= 4 is 57.8 Å². The number of H-pyrrole nitrogens is 1. The second kappa shape index (κ2) is 6.08. The highest BCUT2D eigenvalue weighted by atomic mass is 35.6. The summed E-state index contributed by atoms with van der Waals surface area (Å²) in [6, 6.07) is 5.80. The molecule has 2 aromatic rings. The summed E-state index contributed by atoms with van der Waals surface area (Å²) in [5, 5.41) is 1.07. The number of halogens is 3. The van der Waals surface area contributed by atoms with Crippen LogP contribution in [0, 0.1) is 6.92 Å². The molecule has 0 spiro atoms. The highest BCUT2D eigenvalue weighted by molar-refractivity contribution is 6.67. The van der Waals surface area contributed by atoms with Gasteiger partial charge in [0.15, 0.2) is 0 Å². The molecule has 20 heavy (non-hydrogen) atoms. The third-order valence-corrected chi connectivity index (χ3v) is 3.04. The van der Waals surface area contributed by atoms with E-state index in [2.05, 4.69) is 4.98 Å². The van der Waals surface area contributed by atoms with Gasteiger partial charge < -0.3 is 9.72 Å². The Kier molecular flexibility index (Phi) is 4.63. The van der Waals surface area contributed by atoms with Crippen LogP contribution >= 0.6 is 34.8 Å². The molecule has 1 aromatic heterocycles. The Morgan fingerprint density at radius 1 is 1.40 bits per heavy atom. The summed E-state index contributed by atoms with van der Waals surface area (Å²) in [7, 11) is 0. The minimum absolute atomic E-state index is 0.284. The van der Waals surface area contributed by atoms with Crippen LogP contribution < -0.4 is 0 Å². The van der Waals surface area contributed by atoms with Gasteiger partial charge in [-0.2, -0.15) is 0 Å². The summed E-state index contributed by atoms with van der Waals surface area (Å²) in [4.78, 5) is 14.7. The second-order valence-corrected chi connectivity index (χ2v) is 6.81. The van der Waals surface area contributed by atoms with Crippen molar-refractivity contribution in [1.29, 1.82) is 0 Å². The number of rotatable bonds is 3. The van der Waals surface area contributed by atoms with Gasteiger partial charge in [-0.05, 0) is 30.2 Å². The normalized spacial score (nSPS) is 12.2. The molecule has 1 aromatic carbocycles. The molecule has 0 atom stereocenters. The molecule has 0 aliphatic rings. The lowest BCUT2D eigenvalue weighted by Gasteiger charge is -2.09. The number of aromatic nitrogens is 1. The van der Waals surface area contributed by atoms with Gasteiger partial charge in [0.1, 0.15) is 6.61 Å². The standard InChI is InChI=1S/C14H12Cl3NO2/c1-9-7-18-11-4-2-3-10(13(9)11)5-6-12(19)20-8-14(15,16)17/h2-7,18H,8H2,1H3/b6-5+. The van der Waals surface area contributed by atoms with E-state index >= 15 is 0 Å². The average molecular weight is 333 g/mol. The molecule has 1 N–H and O–H groups in total. The number of hydrogen-bond acceptors (Lipinski definition) is 2. The SMILES string of the molecule is Cc1c[nH]c2cccc(/C=C/C(=O)OCC(Cl)(Cl)Cl)c12. The summed E-state index contributed by atoms with van der Waals surface area (Å²) in [6.45, 7) is 1.71. The number of aromatic amines is 1. The van der Waals surface area contributed by atoms with Crippen molar-refractivity contribution in [2.45, 2.75) is 10.7 Å². The van der Waals surface area contributed by atoms with Gasteiger partial charge >= 0.3 is 5.97 Å². The number of carbonyl (C=O) groups excluding carboxylic acids is 1. The van der Waals surface area contributed by atoms with Crippen molar-refractivity contribution in [2.24, 2.45) is 0 Å². The molecule has 3 nitrogen and oxygen atoms in total. The van der Waals surface area contributed by atoms with Crippen LogP contribution in [0.5, 0.6) is 0 Å². The summed E-state index contributed by atoms with van der Waals surface area (Å²) < 4.78 is 3.23. The predicted octanol–water partition coefficient (Wildman–Crippen LogP) is 4.40. The highest BCUT2D eigenvalue weighted by Crippen LogP contribution is 2.26. The highest BCUT2D eigenvalue weighted by Gasteiger charge is 2.21. The molecule has 0 amide bonds. The molecule has 0 unspecified atom stereocenters. The maximum Gasteiger partial charge on any atom is 0.330 e. The quantitative estimate of drug-likeness (QED) is 0.514. The van der Waals surface area contributed by atoms with E-state index in [1.165, 1.54) is 6.08 Å². The number of nitrogens with one attached hydrogen (secondary N) is 1. The van der Waals surface area contributed by atoms with Gasteiger partial charge in [-0.3, -0.25) is 0 Å². The molecule has 0 bridgehead atoms. The number of carbonyl (C=O) groups is 1. The number of benzene rings is 1. The zero-order valence-corrected chi connectivity index (χ0v) is 12.9. The lowest BCUT2D eigenvalue weighted by atomic mass is 10.1. The Balaban J connectivity index is 2.14. The molecule has 6 heteroatoms. The molecule has 0 fully saturated rings. The van der Waals surface area contributed by atoms with Crippen LogP contribution in [0.15, 0.2) is 30.5 Å². The number of aryl methyl sites for hydroxylation is 1. The number of fused-ring (bicyclic) bond motifs is 1. The fourth-order valence-electron chi connectivity index (χ4n) is 1.89. The Morgan fingerprint density at radius 2 is 2.15 bits per heavy atom. The molecule has 0 saturated carbocycles. The van der Waals surface area contributed by atoms with Gasteiger partial charge in [0.2, 0.25) is 3.79 Å². The van der Waals surface area contributed by atoms with Crippen LogP contribution in [-0.4, -0.2) is 21.4 Å².